The maximum atomic E-state index is 11.8. The molecule has 0 bridgehead atoms. The van der Waals surface area contributed by atoms with Gasteiger partial charge in [-0.25, -0.2) is 0 Å². The first-order chi connectivity index (χ1) is 8.31. The Morgan fingerprint density at radius 3 is 2.56 bits per heavy atom. The molecule has 0 atom stereocenters. The minimum atomic E-state index is -4.62. The lowest BCUT2D eigenvalue weighted by Crippen LogP contribution is -2.28. The van der Waals surface area contributed by atoms with Crippen molar-refractivity contribution in [2.24, 2.45) is 5.73 Å². The first kappa shape index (κ1) is 14.3. The quantitative estimate of drug-likeness (QED) is 0.629. The Labute approximate surface area is 103 Å². The normalized spacial score (nSPS) is 11.3. The summed E-state index contributed by atoms with van der Waals surface area (Å²) in [6.07, 6.45) is -4.62. The van der Waals surface area contributed by atoms with Crippen LogP contribution < -0.4 is 10.6 Å². The van der Waals surface area contributed by atoms with E-state index in [9.17, 15) is 13.2 Å². The molecule has 4 nitrogen and oxygen atoms in total. The van der Waals surface area contributed by atoms with E-state index in [0.717, 1.165) is 0 Å². The number of nitrogen functional groups attached to an aromatic ring is 1. The highest BCUT2D eigenvalue weighted by Crippen LogP contribution is 2.19. The lowest BCUT2D eigenvalue weighted by Gasteiger charge is -2.22. The van der Waals surface area contributed by atoms with Crippen molar-refractivity contribution >= 4 is 11.5 Å². The van der Waals surface area contributed by atoms with Crippen LogP contribution in [0.4, 0.5) is 18.9 Å². The average molecular weight is 261 g/mol. The van der Waals surface area contributed by atoms with E-state index < -0.39 is 13.0 Å². The highest BCUT2D eigenvalue weighted by Gasteiger charge is 2.28. The van der Waals surface area contributed by atoms with Crippen LogP contribution in [0.2, 0.25) is 0 Å². The largest absolute Gasteiger partial charge is 0.522 e. The van der Waals surface area contributed by atoms with Crippen molar-refractivity contribution in [3.63, 3.8) is 0 Å². The Kier molecular flexibility index (Phi) is 4.55. The summed E-state index contributed by atoms with van der Waals surface area (Å²) in [4.78, 5) is 1.56. The van der Waals surface area contributed by atoms with Crippen molar-refractivity contribution in [1.29, 1.82) is 5.41 Å². The highest BCUT2D eigenvalue weighted by atomic mass is 19.4. The molecule has 1 aromatic rings. The van der Waals surface area contributed by atoms with E-state index in [1.165, 1.54) is 0 Å². The Morgan fingerprint density at radius 2 is 2.00 bits per heavy atom. The maximum absolute atomic E-state index is 11.8. The molecule has 0 aliphatic rings. The van der Waals surface area contributed by atoms with E-state index in [0.29, 0.717) is 11.3 Å². The summed E-state index contributed by atoms with van der Waals surface area (Å²) < 4.78 is 39.2. The minimum Gasteiger partial charge on any atom is -0.384 e. The number of ether oxygens (including phenoxy) is 1. The van der Waals surface area contributed by atoms with Crippen LogP contribution in [-0.2, 0) is 4.74 Å². The molecule has 3 N–H and O–H groups in total. The number of para-hydroxylation sites is 1. The molecular formula is C11H14F3N3O. The molecule has 7 heteroatoms. The van der Waals surface area contributed by atoms with Gasteiger partial charge < -0.3 is 10.6 Å². The molecule has 0 amide bonds. The number of anilines is 1. The van der Waals surface area contributed by atoms with Gasteiger partial charge in [-0.2, -0.15) is 0 Å². The standard InChI is InChI=1S/C11H14F3N3O/c1-17(6-7-18-11(12,13)14)9-5-3-2-4-8(9)10(15)16/h2-5H,6-7H2,1H3,(H3,15,16). The summed E-state index contributed by atoms with van der Waals surface area (Å²) in [5.74, 6) is -0.130. The fourth-order valence-electron chi connectivity index (χ4n) is 1.45. The second-order valence-electron chi connectivity index (χ2n) is 3.65. The summed E-state index contributed by atoms with van der Waals surface area (Å²) in [6, 6.07) is 6.76. The number of nitrogens with zero attached hydrogens (tertiary/aromatic N) is 1. The Bertz CT molecular complexity index is 420. The van der Waals surface area contributed by atoms with Crippen molar-refractivity contribution in [2.45, 2.75) is 6.36 Å². The molecule has 18 heavy (non-hydrogen) atoms. The number of benzene rings is 1. The van der Waals surface area contributed by atoms with Crippen molar-refractivity contribution in [1.82, 2.24) is 0 Å². The SMILES string of the molecule is CN(CCOC(F)(F)F)c1ccccc1C(=N)N. The number of amidine groups is 1. The summed E-state index contributed by atoms with van der Waals surface area (Å²) in [6.45, 7) is -0.434. The van der Waals surface area contributed by atoms with Gasteiger partial charge in [-0.3, -0.25) is 10.1 Å². The van der Waals surface area contributed by atoms with Gasteiger partial charge in [-0.05, 0) is 12.1 Å². The fraction of sp³-hybridized carbons (Fsp3) is 0.364. The molecule has 0 fully saturated rings. The second-order valence-corrected chi connectivity index (χ2v) is 3.65. The molecule has 0 saturated carbocycles. The second kappa shape index (κ2) is 5.72. The summed E-state index contributed by atoms with van der Waals surface area (Å²) in [5, 5.41) is 7.39. The minimum absolute atomic E-state index is 0.0454. The number of nitrogens with two attached hydrogens (primary N) is 1. The van der Waals surface area contributed by atoms with Crippen molar-refractivity contribution in [3.05, 3.63) is 29.8 Å². The number of rotatable bonds is 5. The van der Waals surface area contributed by atoms with Gasteiger partial charge in [-0.1, -0.05) is 12.1 Å². The molecule has 0 heterocycles. The fourth-order valence-corrected chi connectivity index (χ4v) is 1.45. The van der Waals surface area contributed by atoms with E-state index >= 15 is 0 Å². The van der Waals surface area contributed by atoms with E-state index in [2.05, 4.69) is 4.74 Å². The van der Waals surface area contributed by atoms with Crippen LogP contribution in [0.3, 0.4) is 0 Å². The third kappa shape index (κ3) is 4.25. The predicted molar refractivity (Wildman–Crippen MR) is 62.7 cm³/mol. The van der Waals surface area contributed by atoms with Crippen LogP contribution in [0.25, 0.3) is 0 Å². The van der Waals surface area contributed by atoms with Crippen molar-refractivity contribution in [3.8, 4) is 0 Å². The lowest BCUT2D eigenvalue weighted by atomic mass is 10.1. The Balaban J connectivity index is 2.67. The number of halogens is 3. The zero-order valence-corrected chi connectivity index (χ0v) is 9.79. The van der Waals surface area contributed by atoms with E-state index in [1.54, 1.807) is 36.2 Å². The van der Waals surface area contributed by atoms with E-state index in [1.807, 2.05) is 0 Å². The zero-order chi connectivity index (χ0) is 13.8. The summed E-state index contributed by atoms with van der Waals surface area (Å²) >= 11 is 0. The van der Waals surface area contributed by atoms with Crippen LogP contribution in [0, 0.1) is 5.41 Å². The molecule has 0 radical (unpaired) electrons. The number of nitrogens with one attached hydrogen (secondary N) is 1. The van der Waals surface area contributed by atoms with Crippen LogP contribution in [0.5, 0.6) is 0 Å². The first-order valence-corrected chi connectivity index (χ1v) is 5.16. The van der Waals surface area contributed by atoms with Gasteiger partial charge in [0.25, 0.3) is 0 Å². The lowest BCUT2D eigenvalue weighted by molar-refractivity contribution is -0.323. The van der Waals surface area contributed by atoms with Crippen LogP contribution in [-0.4, -0.2) is 32.4 Å². The third-order valence-corrected chi connectivity index (χ3v) is 2.30. The van der Waals surface area contributed by atoms with Gasteiger partial charge in [-0.15, -0.1) is 13.2 Å². The van der Waals surface area contributed by atoms with E-state index in [4.69, 9.17) is 11.1 Å². The molecule has 0 saturated heterocycles. The van der Waals surface area contributed by atoms with Gasteiger partial charge in [0, 0.05) is 24.8 Å². The summed E-state index contributed by atoms with van der Waals surface area (Å²) in [5.41, 5.74) is 6.47. The van der Waals surface area contributed by atoms with Gasteiger partial charge in [0.2, 0.25) is 0 Å². The number of hydrogen-bond acceptors (Lipinski definition) is 3. The maximum Gasteiger partial charge on any atom is 0.522 e. The van der Waals surface area contributed by atoms with Gasteiger partial charge in [0.05, 0.1) is 6.61 Å². The molecule has 0 aliphatic carbocycles. The number of likely N-dealkylation sites (N-methyl/N-ethyl adjacent to an activating group) is 1. The molecule has 0 unspecified atom stereocenters. The van der Waals surface area contributed by atoms with Crippen LogP contribution >= 0.6 is 0 Å². The highest BCUT2D eigenvalue weighted by molar-refractivity contribution is 6.00. The van der Waals surface area contributed by atoms with Crippen molar-refractivity contribution < 1.29 is 17.9 Å². The van der Waals surface area contributed by atoms with Gasteiger partial charge >= 0.3 is 6.36 Å². The average Bonchev–Trinajstić information content (AvgIpc) is 2.27. The number of hydrogen-bond donors (Lipinski definition) is 2. The molecule has 0 aromatic heterocycles. The predicted octanol–water partition coefficient (Wildman–Crippen LogP) is 1.94. The summed E-state index contributed by atoms with van der Waals surface area (Å²) in [7, 11) is 1.61. The Morgan fingerprint density at radius 1 is 1.39 bits per heavy atom. The zero-order valence-electron chi connectivity index (χ0n) is 9.79. The molecule has 100 valence electrons. The molecular weight excluding hydrogens is 247 g/mol. The smallest absolute Gasteiger partial charge is 0.384 e. The van der Waals surface area contributed by atoms with Gasteiger partial charge in [0.15, 0.2) is 0 Å². The molecule has 1 rings (SSSR count). The molecule has 1 aromatic carbocycles. The van der Waals surface area contributed by atoms with E-state index in [-0.39, 0.29) is 12.4 Å². The van der Waals surface area contributed by atoms with Gasteiger partial charge in [0.1, 0.15) is 5.84 Å². The van der Waals surface area contributed by atoms with Crippen LogP contribution in [0.1, 0.15) is 5.56 Å². The third-order valence-electron chi connectivity index (χ3n) is 2.30. The topological polar surface area (TPSA) is 62.3 Å². The first-order valence-electron chi connectivity index (χ1n) is 5.16. The monoisotopic (exact) mass is 261 g/mol. The molecule has 0 aliphatic heterocycles. The van der Waals surface area contributed by atoms with Crippen molar-refractivity contribution in [2.75, 3.05) is 25.1 Å². The van der Waals surface area contributed by atoms with Crippen LogP contribution in [0.15, 0.2) is 24.3 Å². The number of alkyl halides is 3. The Hall–Kier alpha value is -1.76. The molecule has 0 spiro atoms.